The molecule has 64 heavy (non-hydrogen) atoms. The van der Waals surface area contributed by atoms with Crippen molar-refractivity contribution >= 4 is 11.4 Å². The maximum Gasteiger partial charge on any atom is 0.0940 e. The molecule has 0 aliphatic carbocycles. The summed E-state index contributed by atoms with van der Waals surface area (Å²) in [4.78, 5) is 18.5. The summed E-state index contributed by atoms with van der Waals surface area (Å²) in [6.07, 6.45) is 7.27. The van der Waals surface area contributed by atoms with Crippen molar-refractivity contribution in [3.8, 4) is 22.5 Å². The highest BCUT2D eigenvalue weighted by Crippen LogP contribution is 2.38. The molecule has 0 saturated heterocycles. The molecular weight excluding hydrogens is 781 g/mol. The van der Waals surface area contributed by atoms with Gasteiger partial charge in [-0.2, -0.15) is 0 Å². The highest BCUT2D eigenvalue weighted by molar-refractivity contribution is 5.65. The first kappa shape index (κ1) is 45.1. The van der Waals surface area contributed by atoms with Crippen molar-refractivity contribution in [2.75, 3.05) is 10.6 Å². The third-order valence-electron chi connectivity index (χ3n) is 11.7. The normalized spacial score (nSPS) is 12.2. The Morgan fingerprint density at radius 3 is 1.14 bits per heavy atom. The van der Waals surface area contributed by atoms with E-state index in [9.17, 15) is 0 Å². The van der Waals surface area contributed by atoms with Crippen LogP contribution in [-0.4, -0.2) is 19.9 Å². The van der Waals surface area contributed by atoms with Crippen molar-refractivity contribution in [1.29, 1.82) is 0 Å². The molecule has 8 rings (SSSR count). The Kier molecular flexibility index (Phi) is 15.1. The molecule has 2 atom stereocenters. The first-order valence-corrected chi connectivity index (χ1v) is 22.7. The lowest BCUT2D eigenvalue weighted by atomic mass is 9.91. The van der Waals surface area contributed by atoms with Gasteiger partial charge in [0.15, 0.2) is 0 Å². The Morgan fingerprint density at radius 1 is 0.344 bits per heavy atom. The van der Waals surface area contributed by atoms with E-state index in [4.69, 9.17) is 9.97 Å². The molecule has 0 radical (unpaired) electrons. The zero-order valence-electron chi connectivity index (χ0n) is 38.6. The van der Waals surface area contributed by atoms with Crippen molar-refractivity contribution < 1.29 is 0 Å². The van der Waals surface area contributed by atoms with Crippen LogP contribution in [0.2, 0.25) is 0 Å². The zero-order chi connectivity index (χ0) is 45.0. The maximum atomic E-state index is 5.07. The minimum absolute atomic E-state index is 0.0598. The molecule has 4 aromatic heterocycles. The number of para-hydroxylation sites is 2. The fourth-order valence-electron chi connectivity index (χ4n) is 8.25. The molecule has 4 heterocycles. The van der Waals surface area contributed by atoms with Gasteiger partial charge in [0.1, 0.15) is 0 Å². The lowest BCUT2D eigenvalue weighted by molar-refractivity contribution is 0.814. The van der Waals surface area contributed by atoms with Crippen LogP contribution in [-0.2, 0) is 0 Å². The molecule has 6 nitrogen and oxygen atoms in total. The van der Waals surface area contributed by atoms with Crippen LogP contribution < -0.4 is 10.6 Å². The van der Waals surface area contributed by atoms with Crippen LogP contribution in [0.3, 0.4) is 0 Å². The van der Waals surface area contributed by atoms with Gasteiger partial charge in [-0.15, -0.1) is 0 Å². The Bertz CT molecular complexity index is 2440. The maximum absolute atomic E-state index is 5.07. The molecular formula is C58H62N6. The lowest BCUT2D eigenvalue weighted by Gasteiger charge is -2.27. The smallest absolute Gasteiger partial charge is 0.0940 e. The Morgan fingerprint density at radius 2 is 0.750 bits per heavy atom. The van der Waals surface area contributed by atoms with E-state index in [2.05, 4.69) is 209 Å². The van der Waals surface area contributed by atoms with Crippen LogP contribution in [0, 0.1) is 0 Å². The molecule has 4 aromatic carbocycles. The van der Waals surface area contributed by atoms with Gasteiger partial charge in [-0.3, -0.25) is 19.9 Å². The number of hydrogen-bond acceptors (Lipinski definition) is 6. The molecule has 0 amide bonds. The summed E-state index contributed by atoms with van der Waals surface area (Å²) < 4.78 is 0. The molecule has 0 aliphatic heterocycles. The number of nitrogens with one attached hydrogen (secondary N) is 2. The van der Waals surface area contributed by atoms with Crippen molar-refractivity contribution in [2.24, 2.45) is 0 Å². The molecule has 2 N–H and O–H groups in total. The van der Waals surface area contributed by atoms with Gasteiger partial charge < -0.3 is 10.6 Å². The van der Waals surface area contributed by atoms with E-state index < -0.39 is 0 Å². The van der Waals surface area contributed by atoms with Crippen molar-refractivity contribution in [2.45, 2.75) is 91.1 Å². The van der Waals surface area contributed by atoms with Crippen LogP contribution >= 0.6 is 0 Å². The van der Waals surface area contributed by atoms with E-state index in [1.807, 2.05) is 42.9 Å². The number of nitrogens with zero attached hydrogens (tertiary/aromatic N) is 4. The third kappa shape index (κ3) is 11.0. The number of rotatable bonds is 14. The van der Waals surface area contributed by atoms with Crippen LogP contribution in [0.25, 0.3) is 22.5 Å². The average molecular weight is 843 g/mol. The van der Waals surface area contributed by atoms with Crippen LogP contribution in [0.5, 0.6) is 0 Å². The van der Waals surface area contributed by atoms with Gasteiger partial charge in [0.2, 0.25) is 0 Å². The minimum Gasteiger partial charge on any atom is -0.372 e. The summed E-state index contributed by atoms with van der Waals surface area (Å²) in [7, 11) is 0. The van der Waals surface area contributed by atoms with E-state index in [-0.39, 0.29) is 12.1 Å². The summed E-state index contributed by atoms with van der Waals surface area (Å²) in [5.74, 6) is 1.68. The molecule has 0 aliphatic rings. The fourth-order valence-corrected chi connectivity index (χ4v) is 8.25. The predicted octanol–water partition coefficient (Wildman–Crippen LogP) is 15.2. The Hall–Kier alpha value is -6.92. The highest BCUT2D eigenvalue weighted by Gasteiger charge is 2.23. The summed E-state index contributed by atoms with van der Waals surface area (Å²) in [6, 6.07) is 54.8. The monoisotopic (exact) mass is 843 g/mol. The van der Waals surface area contributed by atoms with Crippen molar-refractivity contribution in [1.82, 2.24) is 19.9 Å². The number of hydrogen-bond donors (Lipinski definition) is 2. The van der Waals surface area contributed by atoms with Crippen molar-refractivity contribution in [3.05, 3.63) is 227 Å². The molecule has 0 bridgehead atoms. The number of benzene rings is 4. The lowest BCUT2D eigenvalue weighted by Crippen LogP contribution is -2.17. The van der Waals surface area contributed by atoms with Gasteiger partial charge >= 0.3 is 0 Å². The van der Waals surface area contributed by atoms with E-state index in [1.165, 1.54) is 44.8 Å². The standard InChI is InChI=1S/2C29H31N3/c1-20(2)24-14-8-15-25(21(3)4)29(24)32-28(22-11-6-5-7-12-22)27-17-9-16-26(31-27)23-13-10-18-30-19-23;1-20(2)24-12-8-13-25(21(3)4)29(24)32-28(23-10-6-5-7-11-23)27-15-9-14-26(31-27)22-16-18-30-19-17-22/h2*5-21,28,32H,1-4H3. The van der Waals surface area contributed by atoms with E-state index in [0.29, 0.717) is 23.7 Å². The number of pyridine rings is 4. The molecule has 2 unspecified atom stereocenters. The van der Waals surface area contributed by atoms with Crippen LogP contribution in [0.1, 0.15) is 136 Å². The van der Waals surface area contributed by atoms with Gasteiger partial charge in [-0.05, 0) is 106 Å². The molecule has 6 heteroatoms. The SMILES string of the molecule is CC(C)c1cccc(C(C)C)c1NC(c1ccccc1)c1cccc(-c2cccnc2)n1.CC(C)c1cccc(C(C)C)c1NC(c1ccccc1)c1cccc(-c2ccncc2)n1. The summed E-state index contributed by atoms with van der Waals surface area (Å²) in [5, 5.41) is 7.83. The Labute approximate surface area is 381 Å². The average Bonchev–Trinajstić information content (AvgIpc) is 3.33. The van der Waals surface area contributed by atoms with E-state index in [1.54, 1.807) is 6.20 Å². The molecule has 0 fully saturated rings. The first-order valence-electron chi connectivity index (χ1n) is 22.7. The summed E-state index contributed by atoms with van der Waals surface area (Å²) in [5.41, 5.74) is 16.1. The number of aromatic nitrogens is 4. The van der Waals surface area contributed by atoms with Crippen molar-refractivity contribution in [3.63, 3.8) is 0 Å². The van der Waals surface area contributed by atoms with Crippen LogP contribution in [0.15, 0.2) is 183 Å². The quantitative estimate of drug-likeness (QED) is 0.114. The highest BCUT2D eigenvalue weighted by atomic mass is 15.0. The van der Waals surface area contributed by atoms with Gasteiger partial charge in [-0.25, -0.2) is 0 Å². The Balaban J connectivity index is 0.000000191. The fraction of sp³-hybridized carbons (Fsp3) is 0.241. The predicted molar refractivity (Wildman–Crippen MR) is 268 cm³/mol. The summed E-state index contributed by atoms with van der Waals surface area (Å²) in [6.45, 7) is 18.0. The second-order valence-corrected chi connectivity index (χ2v) is 17.6. The topological polar surface area (TPSA) is 75.6 Å². The third-order valence-corrected chi connectivity index (χ3v) is 11.7. The molecule has 8 aromatic rings. The second-order valence-electron chi connectivity index (χ2n) is 17.6. The number of anilines is 2. The minimum atomic E-state index is -0.0646. The second kappa shape index (κ2) is 21.4. The van der Waals surface area contributed by atoms with Gasteiger partial charge in [0, 0.05) is 47.3 Å². The largest absolute Gasteiger partial charge is 0.372 e. The molecule has 0 spiro atoms. The zero-order valence-corrected chi connectivity index (χ0v) is 38.6. The van der Waals surface area contributed by atoms with Gasteiger partial charge in [0.25, 0.3) is 0 Å². The van der Waals surface area contributed by atoms with Gasteiger partial charge in [0.05, 0.1) is 34.9 Å². The summed E-state index contributed by atoms with van der Waals surface area (Å²) >= 11 is 0. The van der Waals surface area contributed by atoms with Crippen LogP contribution in [0.4, 0.5) is 11.4 Å². The molecule has 324 valence electrons. The van der Waals surface area contributed by atoms with E-state index in [0.717, 1.165) is 33.9 Å². The van der Waals surface area contributed by atoms with E-state index >= 15 is 0 Å². The first-order chi connectivity index (χ1) is 31.1. The molecule has 0 saturated carbocycles. The van der Waals surface area contributed by atoms with Gasteiger partial charge in [-0.1, -0.05) is 165 Å².